The Balaban J connectivity index is 1.48. The number of likely N-dealkylation sites (N-methyl/N-ethyl adjacent to an activating group) is 1. The predicted molar refractivity (Wildman–Crippen MR) is 100 cm³/mol. The van der Waals surface area contributed by atoms with E-state index in [9.17, 15) is 4.79 Å². The van der Waals surface area contributed by atoms with Crippen LogP contribution in [-0.4, -0.2) is 35.4 Å². The highest BCUT2D eigenvalue weighted by molar-refractivity contribution is 7.18. The highest BCUT2D eigenvalue weighted by Crippen LogP contribution is 2.22. The molecule has 0 atom stereocenters. The van der Waals surface area contributed by atoms with Crippen molar-refractivity contribution in [3.63, 3.8) is 0 Å². The minimum absolute atomic E-state index is 0.143. The first-order valence-corrected chi connectivity index (χ1v) is 9.85. The molecular weight excluding hydrogens is 318 g/mol. The van der Waals surface area contributed by atoms with E-state index < -0.39 is 0 Å². The molecule has 0 radical (unpaired) electrons. The van der Waals surface area contributed by atoms with E-state index in [-0.39, 0.29) is 5.91 Å². The lowest BCUT2D eigenvalue weighted by Gasteiger charge is -2.22. The van der Waals surface area contributed by atoms with Gasteiger partial charge in [-0.2, -0.15) is 0 Å². The van der Waals surface area contributed by atoms with Crippen molar-refractivity contribution in [3.8, 4) is 0 Å². The normalized spacial score (nSPS) is 16.9. The minimum Gasteiger partial charge on any atom is -0.352 e. The van der Waals surface area contributed by atoms with Crippen molar-refractivity contribution in [1.29, 1.82) is 0 Å². The summed E-state index contributed by atoms with van der Waals surface area (Å²) in [5.74, 6) is 0.143. The molecule has 1 fully saturated rings. The Morgan fingerprint density at radius 3 is 2.67 bits per heavy atom. The van der Waals surface area contributed by atoms with Gasteiger partial charge in [-0.25, -0.2) is 4.98 Å². The highest BCUT2D eigenvalue weighted by Gasteiger charge is 2.16. The second-order valence-electron chi connectivity index (χ2n) is 6.86. The maximum absolute atomic E-state index is 12.3. The second kappa shape index (κ2) is 8.58. The van der Waals surface area contributed by atoms with E-state index in [2.05, 4.69) is 21.3 Å². The number of amides is 1. The molecule has 1 aliphatic rings. The molecule has 1 amide bonds. The van der Waals surface area contributed by atoms with Gasteiger partial charge in [0, 0.05) is 6.04 Å². The number of fused-ring (bicyclic) bond motifs is 1. The van der Waals surface area contributed by atoms with Crippen molar-refractivity contribution in [1.82, 2.24) is 15.2 Å². The lowest BCUT2D eigenvalue weighted by Crippen LogP contribution is -2.41. The van der Waals surface area contributed by atoms with Crippen molar-refractivity contribution in [2.45, 2.75) is 57.5 Å². The smallest absolute Gasteiger partial charge is 0.234 e. The molecule has 0 unspecified atom stereocenters. The third-order valence-electron chi connectivity index (χ3n) is 4.63. The third kappa shape index (κ3) is 5.02. The van der Waals surface area contributed by atoms with Gasteiger partial charge in [0.15, 0.2) is 0 Å². The Morgan fingerprint density at radius 2 is 1.92 bits per heavy atom. The number of thiazole rings is 1. The summed E-state index contributed by atoms with van der Waals surface area (Å²) in [6.07, 6.45) is 8.72. The number of hydrogen-bond donors (Lipinski definition) is 1. The van der Waals surface area contributed by atoms with Gasteiger partial charge in [-0.05, 0) is 32.0 Å². The van der Waals surface area contributed by atoms with Crippen LogP contribution < -0.4 is 5.32 Å². The Morgan fingerprint density at radius 1 is 1.21 bits per heavy atom. The van der Waals surface area contributed by atoms with Crippen LogP contribution >= 0.6 is 11.3 Å². The molecule has 1 heterocycles. The average Bonchev–Trinajstić information content (AvgIpc) is 2.91. The molecule has 1 aromatic carbocycles. The molecule has 1 N–H and O–H groups in total. The molecule has 0 aliphatic heterocycles. The molecule has 1 aliphatic carbocycles. The van der Waals surface area contributed by atoms with Crippen LogP contribution in [-0.2, 0) is 11.3 Å². The van der Waals surface area contributed by atoms with Crippen molar-refractivity contribution >= 4 is 27.5 Å². The van der Waals surface area contributed by atoms with Crippen LogP contribution in [0.2, 0.25) is 0 Å². The molecule has 2 aromatic rings. The van der Waals surface area contributed by atoms with Crippen LogP contribution in [0, 0.1) is 0 Å². The summed E-state index contributed by atoms with van der Waals surface area (Å²) >= 11 is 1.71. The number of carbonyl (C=O) groups excluding carboxylic acids is 1. The highest BCUT2D eigenvalue weighted by atomic mass is 32.1. The van der Waals surface area contributed by atoms with E-state index >= 15 is 0 Å². The fourth-order valence-electron chi connectivity index (χ4n) is 3.39. The van der Waals surface area contributed by atoms with E-state index in [1.54, 1.807) is 11.3 Å². The zero-order chi connectivity index (χ0) is 16.8. The Kier molecular flexibility index (Phi) is 6.21. The Hall–Kier alpha value is -1.46. The van der Waals surface area contributed by atoms with Crippen LogP contribution in [0.25, 0.3) is 10.2 Å². The van der Waals surface area contributed by atoms with E-state index in [1.165, 1.54) is 36.8 Å². The van der Waals surface area contributed by atoms with E-state index in [0.29, 0.717) is 12.6 Å². The Labute approximate surface area is 148 Å². The SMILES string of the molecule is CN(CC(=O)NC1CCCCCCC1)Cc1nc2ccccc2s1. The molecule has 1 aromatic heterocycles. The van der Waals surface area contributed by atoms with E-state index in [4.69, 9.17) is 0 Å². The zero-order valence-corrected chi connectivity index (χ0v) is 15.3. The van der Waals surface area contributed by atoms with Gasteiger partial charge >= 0.3 is 0 Å². The van der Waals surface area contributed by atoms with Gasteiger partial charge in [0.2, 0.25) is 5.91 Å². The first-order valence-electron chi connectivity index (χ1n) is 9.03. The molecule has 130 valence electrons. The second-order valence-corrected chi connectivity index (χ2v) is 7.97. The summed E-state index contributed by atoms with van der Waals surface area (Å²) in [5, 5.41) is 4.30. The van der Waals surface area contributed by atoms with Crippen molar-refractivity contribution < 1.29 is 4.79 Å². The molecule has 0 saturated heterocycles. The summed E-state index contributed by atoms with van der Waals surface area (Å²) in [6.45, 7) is 1.16. The van der Waals surface area contributed by atoms with Crippen molar-refractivity contribution in [2.24, 2.45) is 0 Å². The Bertz CT molecular complexity index is 628. The van der Waals surface area contributed by atoms with Gasteiger partial charge in [-0.3, -0.25) is 9.69 Å². The topological polar surface area (TPSA) is 45.2 Å². The van der Waals surface area contributed by atoms with Gasteiger partial charge in [0.1, 0.15) is 5.01 Å². The van der Waals surface area contributed by atoms with Crippen LogP contribution in [0.4, 0.5) is 0 Å². The number of carbonyl (C=O) groups is 1. The van der Waals surface area contributed by atoms with Crippen molar-refractivity contribution in [3.05, 3.63) is 29.3 Å². The summed E-state index contributed by atoms with van der Waals surface area (Å²) in [6, 6.07) is 8.55. The quantitative estimate of drug-likeness (QED) is 0.892. The van der Waals surface area contributed by atoms with Gasteiger partial charge < -0.3 is 5.32 Å². The maximum atomic E-state index is 12.3. The van der Waals surface area contributed by atoms with Crippen molar-refractivity contribution in [2.75, 3.05) is 13.6 Å². The van der Waals surface area contributed by atoms with Gasteiger partial charge in [-0.15, -0.1) is 11.3 Å². The zero-order valence-electron chi connectivity index (χ0n) is 14.5. The minimum atomic E-state index is 0.143. The van der Waals surface area contributed by atoms with E-state index in [0.717, 1.165) is 29.9 Å². The fourth-order valence-corrected chi connectivity index (χ4v) is 4.44. The lowest BCUT2D eigenvalue weighted by atomic mass is 9.97. The third-order valence-corrected chi connectivity index (χ3v) is 5.65. The first-order chi connectivity index (χ1) is 11.7. The number of hydrogen-bond acceptors (Lipinski definition) is 4. The fraction of sp³-hybridized carbons (Fsp3) is 0.579. The number of benzene rings is 1. The van der Waals surface area contributed by atoms with Crippen LogP contribution in [0.15, 0.2) is 24.3 Å². The monoisotopic (exact) mass is 345 g/mol. The largest absolute Gasteiger partial charge is 0.352 e. The molecule has 0 spiro atoms. The molecule has 24 heavy (non-hydrogen) atoms. The molecule has 1 saturated carbocycles. The van der Waals surface area contributed by atoms with Gasteiger partial charge in [-0.1, -0.05) is 44.2 Å². The first kappa shape index (κ1) is 17.4. The van der Waals surface area contributed by atoms with Gasteiger partial charge in [0.05, 0.1) is 23.3 Å². The number of nitrogens with one attached hydrogen (secondary N) is 1. The number of nitrogens with zero attached hydrogens (tertiary/aromatic N) is 2. The molecule has 5 heteroatoms. The van der Waals surface area contributed by atoms with Crippen LogP contribution in [0.5, 0.6) is 0 Å². The van der Waals surface area contributed by atoms with Crippen LogP contribution in [0.1, 0.15) is 50.0 Å². The standard InChI is InChI=1S/C19H27N3OS/c1-22(14-19-21-16-11-7-8-12-17(16)24-19)13-18(23)20-15-9-5-3-2-4-6-10-15/h7-8,11-12,15H,2-6,9-10,13-14H2,1H3,(H,20,23). The molecular formula is C19H27N3OS. The summed E-state index contributed by atoms with van der Waals surface area (Å²) < 4.78 is 1.21. The maximum Gasteiger partial charge on any atom is 0.234 e. The average molecular weight is 346 g/mol. The molecule has 3 rings (SSSR count). The van der Waals surface area contributed by atoms with E-state index in [1.807, 2.05) is 25.2 Å². The lowest BCUT2D eigenvalue weighted by molar-refractivity contribution is -0.122. The number of rotatable bonds is 5. The predicted octanol–water partition coefficient (Wildman–Crippen LogP) is 3.96. The molecule has 0 bridgehead atoms. The summed E-state index contributed by atoms with van der Waals surface area (Å²) in [4.78, 5) is 19.0. The van der Waals surface area contributed by atoms with Gasteiger partial charge in [0.25, 0.3) is 0 Å². The summed E-state index contributed by atoms with van der Waals surface area (Å²) in [7, 11) is 1.99. The number of aromatic nitrogens is 1. The number of para-hydroxylation sites is 1. The van der Waals surface area contributed by atoms with Crippen LogP contribution in [0.3, 0.4) is 0 Å². The summed E-state index contributed by atoms with van der Waals surface area (Å²) in [5.41, 5.74) is 1.05. The molecule has 4 nitrogen and oxygen atoms in total.